The normalized spacial score (nSPS) is 29.1. The van der Waals surface area contributed by atoms with Crippen LogP contribution in [-0.4, -0.2) is 52.5 Å². The Kier molecular flexibility index (Phi) is 3.71. The molecule has 1 N–H and O–H groups in total. The number of nitrogens with one attached hydrogen (secondary N) is 1. The van der Waals surface area contributed by atoms with Crippen LogP contribution < -0.4 is 10.2 Å². The smallest absolute Gasteiger partial charge is 0.244 e. The number of hydrogen-bond donors (Lipinski definition) is 1. The Morgan fingerprint density at radius 2 is 1.95 bits per heavy atom. The summed E-state index contributed by atoms with van der Waals surface area (Å²) in [4.78, 5) is 2.68. The largest absolute Gasteiger partial charge is 0.367 e. The maximum atomic E-state index is 12.5. The molecule has 1 aromatic carbocycles. The van der Waals surface area contributed by atoms with Gasteiger partial charge in [-0.2, -0.15) is 0 Å². The summed E-state index contributed by atoms with van der Waals surface area (Å²) in [6.07, 6.45) is 0. The van der Waals surface area contributed by atoms with Crippen LogP contribution >= 0.6 is 0 Å². The number of rotatable bonds is 3. The maximum absolute atomic E-state index is 12.5. The van der Waals surface area contributed by atoms with E-state index in [0.717, 1.165) is 25.3 Å². The zero-order valence-electron chi connectivity index (χ0n) is 12.8. The molecule has 5 nitrogen and oxygen atoms in total. The van der Waals surface area contributed by atoms with Crippen molar-refractivity contribution in [3.05, 3.63) is 24.3 Å². The van der Waals surface area contributed by atoms with Gasteiger partial charge in [0.15, 0.2) is 0 Å². The molecule has 3 unspecified atom stereocenters. The molecule has 1 aromatic rings. The summed E-state index contributed by atoms with van der Waals surface area (Å²) in [5.41, 5.74) is 0.841. The third kappa shape index (κ3) is 2.35. The second-order valence-corrected chi connectivity index (χ2v) is 8.35. The van der Waals surface area contributed by atoms with Gasteiger partial charge in [-0.3, -0.25) is 0 Å². The van der Waals surface area contributed by atoms with Gasteiger partial charge in [0.05, 0.1) is 5.69 Å². The fraction of sp³-hybridized carbons (Fsp3) is 0.600. The van der Waals surface area contributed by atoms with Crippen LogP contribution in [0.2, 0.25) is 0 Å². The van der Waals surface area contributed by atoms with Crippen molar-refractivity contribution in [2.75, 3.05) is 38.6 Å². The molecule has 0 aliphatic carbocycles. The summed E-state index contributed by atoms with van der Waals surface area (Å²) in [6.45, 7) is 5.20. The molecular weight excluding hydrogens is 286 g/mol. The minimum absolute atomic E-state index is 0.364. The molecule has 2 aliphatic rings. The average molecular weight is 309 g/mol. The first-order valence-electron chi connectivity index (χ1n) is 7.42. The van der Waals surface area contributed by atoms with Crippen molar-refractivity contribution in [1.82, 2.24) is 9.62 Å². The van der Waals surface area contributed by atoms with E-state index < -0.39 is 10.0 Å². The second kappa shape index (κ2) is 5.26. The van der Waals surface area contributed by atoms with E-state index in [-0.39, 0.29) is 0 Å². The molecule has 6 heteroatoms. The summed E-state index contributed by atoms with van der Waals surface area (Å²) in [5.74, 6) is 1.23. The summed E-state index contributed by atoms with van der Waals surface area (Å²) in [5, 5.41) is 3.44. The van der Waals surface area contributed by atoms with Crippen LogP contribution in [-0.2, 0) is 10.0 Å². The van der Waals surface area contributed by atoms with Crippen LogP contribution in [0.15, 0.2) is 29.2 Å². The molecular formula is C15H23N3O2S. The Morgan fingerprint density at radius 1 is 1.24 bits per heavy atom. The number of sulfonamides is 1. The lowest BCUT2D eigenvalue weighted by molar-refractivity contribution is 0.471. The Morgan fingerprint density at radius 3 is 2.62 bits per heavy atom. The fourth-order valence-electron chi connectivity index (χ4n) is 3.59. The number of hydrogen-bond acceptors (Lipinski definition) is 4. The Bertz CT molecular complexity index is 630. The minimum atomic E-state index is -3.42. The molecule has 0 saturated carbocycles. The zero-order chi connectivity index (χ0) is 15.2. The molecule has 0 bridgehead atoms. The van der Waals surface area contributed by atoms with Gasteiger partial charge in [-0.25, -0.2) is 12.7 Å². The molecule has 2 heterocycles. The lowest BCUT2D eigenvalue weighted by atomic mass is 9.95. The monoisotopic (exact) mass is 309 g/mol. The first-order chi connectivity index (χ1) is 9.93. The van der Waals surface area contributed by atoms with Crippen LogP contribution in [0.25, 0.3) is 0 Å². The third-order valence-electron chi connectivity index (χ3n) is 4.87. The summed E-state index contributed by atoms with van der Waals surface area (Å²) in [6, 6.07) is 7.72. The van der Waals surface area contributed by atoms with E-state index in [1.165, 1.54) is 4.31 Å². The highest BCUT2D eigenvalue weighted by molar-refractivity contribution is 7.89. The van der Waals surface area contributed by atoms with Gasteiger partial charge in [-0.1, -0.05) is 12.1 Å². The quantitative estimate of drug-likeness (QED) is 0.904. The molecule has 0 spiro atoms. The van der Waals surface area contributed by atoms with Gasteiger partial charge in [-0.05, 0) is 30.9 Å². The second-order valence-electron chi connectivity index (χ2n) is 6.23. The maximum Gasteiger partial charge on any atom is 0.244 e. The van der Waals surface area contributed by atoms with Crippen molar-refractivity contribution in [3.8, 4) is 0 Å². The van der Waals surface area contributed by atoms with Crippen LogP contribution in [0.5, 0.6) is 0 Å². The van der Waals surface area contributed by atoms with E-state index in [0.29, 0.717) is 22.8 Å². The number of para-hydroxylation sites is 1. The van der Waals surface area contributed by atoms with E-state index in [4.69, 9.17) is 0 Å². The molecule has 3 atom stereocenters. The average Bonchev–Trinajstić information content (AvgIpc) is 3.02. The number of benzene rings is 1. The van der Waals surface area contributed by atoms with Gasteiger partial charge >= 0.3 is 0 Å². The van der Waals surface area contributed by atoms with Gasteiger partial charge in [0.2, 0.25) is 10.0 Å². The zero-order valence-corrected chi connectivity index (χ0v) is 13.6. The summed E-state index contributed by atoms with van der Waals surface area (Å²) >= 11 is 0. The highest BCUT2D eigenvalue weighted by Gasteiger charge is 2.43. The number of anilines is 1. The lowest BCUT2D eigenvalue weighted by Gasteiger charge is -2.29. The van der Waals surface area contributed by atoms with Crippen LogP contribution in [0.3, 0.4) is 0 Å². The first kappa shape index (κ1) is 14.8. The summed E-state index contributed by atoms with van der Waals surface area (Å²) in [7, 11) is -0.253. The molecule has 0 amide bonds. The lowest BCUT2D eigenvalue weighted by Crippen LogP contribution is -2.35. The molecule has 2 aliphatic heterocycles. The molecule has 0 aromatic heterocycles. The van der Waals surface area contributed by atoms with Crippen LogP contribution in [0, 0.1) is 11.8 Å². The SMILES string of the molecule is CC1C2CNCC2CN1c1ccccc1S(=O)(=O)N(C)C. The first-order valence-corrected chi connectivity index (χ1v) is 8.86. The molecule has 2 fully saturated rings. The highest BCUT2D eigenvalue weighted by Crippen LogP contribution is 2.38. The van der Waals surface area contributed by atoms with Crippen molar-refractivity contribution in [3.63, 3.8) is 0 Å². The van der Waals surface area contributed by atoms with E-state index in [2.05, 4.69) is 17.1 Å². The summed E-state index contributed by atoms with van der Waals surface area (Å²) < 4.78 is 26.4. The molecule has 2 saturated heterocycles. The Labute approximate surface area is 127 Å². The van der Waals surface area contributed by atoms with Crippen molar-refractivity contribution in [1.29, 1.82) is 0 Å². The topological polar surface area (TPSA) is 52.7 Å². The fourth-order valence-corrected chi connectivity index (χ4v) is 4.69. The van der Waals surface area contributed by atoms with Crippen molar-refractivity contribution < 1.29 is 8.42 Å². The van der Waals surface area contributed by atoms with E-state index in [1.54, 1.807) is 26.2 Å². The molecule has 3 rings (SSSR count). The predicted octanol–water partition coefficient (Wildman–Crippen LogP) is 0.981. The van der Waals surface area contributed by atoms with Crippen molar-refractivity contribution in [2.24, 2.45) is 11.8 Å². The molecule has 116 valence electrons. The van der Waals surface area contributed by atoms with Crippen LogP contribution in [0.4, 0.5) is 5.69 Å². The van der Waals surface area contributed by atoms with E-state index in [1.807, 2.05) is 12.1 Å². The Balaban J connectivity index is 2.01. The van der Waals surface area contributed by atoms with Gasteiger partial charge < -0.3 is 10.2 Å². The van der Waals surface area contributed by atoms with Crippen LogP contribution in [0.1, 0.15) is 6.92 Å². The van der Waals surface area contributed by atoms with E-state index in [9.17, 15) is 8.42 Å². The third-order valence-corrected chi connectivity index (χ3v) is 6.73. The minimum Gasteiger partial charge on any atom is -0.367 e. The highest BCUT2D eigenvalue weighted by atomic mass is 32.2. The van der Waals surface area contributed by atoms with Gasteiger partial charge in [0, 0.05) is 39.8 Å². The molecule has 0 radical (unpaired) electrons. The van der Waals surface area contributed by atoms with E-state index >= 15 is 0 Å². The van der Waals surface area contributed by atoms with Crippen molar-refractivity contribution >= 4 is 15.7 Å². The predicted molar refractivity (Wildman–Crippen MR) is 84.0 cm³/mol. The Hall–Kier alpha value is -1.11. The van der Waals surface area contributed by atoms with Gasteiger partial charge in [0.1, 0.15) is 4.90 Å². The number of nitrogens with zero attached hydrogens (tertiary/aromatic N) is 2. The van der Waals surface area contributed by atoms with Crippen molar-refractivity contribution in [2.45, 2.75) is 17.9 Å². The standard InChI is InChI=1S/C15H23N3O2S/c1-11-13-9-16-8-12(13)10-18(11)14-6-4-5-7-15(14)21(19,20)17(2)3/h4-7,11-13,16H,8-10H2,1-3H3. The number of fused-ring (bicyclic) bond motifs is 1. The molecule has 21 heavy (non-hydrogen) atoms. The van der Waals surface area contributed by atoms with Gasteiger partial charge in [0.25, 0.3) is 0 Å². The van der Waals surface area contributed by atoms with Gasteiger partial charge in [-0.15, -0.1) is 0 Å².